The summed E-state index contributed by atoms with van der Waals surface area (Å²) >= 11 is 4.19. The molecule has 1 N–H and O–H groups in total. The van der Waals surface area contributed by atoms with Crippen molar-refractivity contribution in [1.29, 1.82) is 10.5 Å². The predicted molar refractivity (Wildman–Crippen MR) is 99.9 cm³/mol. The number of amides is 1. The van der Waals surface area contributed by atoms with Gasteiger partial charge in [-0.2, -0.15) is 10.5 Å². The van der Waals surface area contributed by atoms with E-state index in [4.69, 9.17) is 15.3 Å². The lowest BCUT2D eigenvalue weighted by Crippen LogP contribution is -2.30. The van der Waals surface area contributed by atoms with Gasteiger partial charge in [0.15, 0.2) is 6.61 Å². The second-order valence-electron chi connectivity index (χ2n) is 4.56. The van der Waals surface area contributed by atoms with E-state index in [0.29, 0.717) is 5.75 Å². The quantitative estimate of drug-likeness (QED) is 0.367. The van der Waals surface area contributed by atoms with Crippen molar-refractivity contribution in [2.24, 2.45) is 0 Å². The summed E-state index contributed by atoms with van der Waals surface area (Å²) in [7, 11) is 0. The van der Waals surface area contributed by atoms with E-state index in [-0.39, 0.29) is 18.2 Å². The van der Waals surface area contributed by atoms with Crippen LogP contribution in [0.15, 0.2) is 17.7 Å². The first kappa shape index (κ1) is 18.7. The Hall–Kier alpha value is -1.33. The van der Waals surface area contributed by atoms with Crippen LogP contribution in [0.1, 0.15) is 19.4 Å². The summed E-state index contributed by atoms with van der Waals surface area (Å²) in [5, 5.41) is 20.4. The highest BCUT2D eigenvalue weighted by atomic mass is 127. The van der Waals surface area contributed by atoms with E-state index >= 15 is 0 Å². The number of carbonyl (C=O) groups excluding carboxylic acids is 1. The molecular formula is C15H13I2N3O2. The Morgan fingerprint density at radius 2 is 1.95 bits per heavy atom. The molecule has 5 nitrogen and oxygen atoms in total. The first-order chi connectivity index (χ1) is 10.4. The Labute approximate surface area is 156 Å². The molecule has 0 aliphatic rings. The maximum atomic E-state index is 11.9. The fraction of sp³-hybridized carbons (Fsp3) is 0.267. The van der Waals surface area contributed by atoms with Crippen molar-refractivity contribution in [2.45, 2.75) is 19.9 Å². The number of nitriles is 2. The molecule has 0 heterocycles. The van der Waals surface area contributed by atoms with Gasteiger partial charge in [0, 0.05) is 6.04 Å². The molecule has 114 valence electrons. The van der Waals surface area contributed by atoms with Gasteiger partial charge in [0.1, 0.15) is 23.5 Å². The van der Waals surface area contributed by atoms with Crippen molar-refractivity contribution in [3.05, 3.63) is 30.4 Å². The van der Waals surface area contributed by atoms with Gasteiger partial charge in [-0.25, -0.2) is 0 Å². The Morgan fingerprint density at radius 1 is 1.36 bits per heavy atom. The fourth-order valence-corrected chi connectivity index (χ4v) is 3.69. The van der Waals surface area contributed by atoms with Crippen LogP contribution in [0.4, 0.5) is 0 Å². The molecule has 1 amide bonds. The van der Waals surface area contributed by atoms with Gasteiger partial charge in [-0.05, 0) is 82.8 Å². The van der Waals surface area contributed by atoms with Gasteiger partial charge in [-0.3, -0.25) is 4.79 Å². The topological polar surface area (TPSA) is 85.9 Å². The lowest BCUT2D eigenvalue weighted by molar-refractivity contribution is -0.117. The van der Waals surface area contributed by atoms with Crippen molar-refractivity contribution < 1.29 is 9.53 Å². The highest BCUT2D eigenvalue weighted by molar-refractivity contribution is 14.1. The molecule has 1 aromatic carbocycles. The van der Waals surface area contributed by atoms with Gasteiger partial charge >= 0.3 is 0 Å². The molecule has 0 spiro atoms. The fourth-order valence-electron chi connectivity index (χ4n) is 1.56. The molecule has 7 heteroatoms. The highest BCUT2D eigenvalue weighted by Crippen LogP contribution is 2.29. The number of benzene rings is 1. The Bertz CT molecular complexity index is 662. The summed E-state index contributed by atoms with van der Waals surface area (Å²) in [5.74, 6) is 0.234. The molecule has 0 saturated carbocycles. The van der Waals surface area contributed by atoms with Crippen LogP contribution < -0.4 is 10.1 Å². The number of hydrogen-bond acceptors (Lipinski definition) is 4. The van der Waals surface area contributed by atoms with E-state index in [1.54, 1.807) is 12.1 Å². The summed E-state index contributed by atoms with van der Waals surface area (Å²) in [6, 6.07) is 7.40. The minimum Gasteiger partial charge on any atom is -0.477 e. The van der Waals surface area contributed by atoms with Crippen LogP contribution >= 0.6 is 45.2 Å². The molecule has 1 aromatic rings. The van der Waals surface area contributed by atoms with Crippen LogP contribution in [0.3, 0.4) is 0 Å². The van der Waals surface area contributed by atoms with Crippen molar-refractivity contribution in [2.75, 3.05) is 6.61 Å². The first-order valence-electron chi connectivity index (χ1n) is 6.30. The number of rotatable bonds is 5. The minimum atomic E-state index is -0.396. The van der Waals surface area contributed by atoms with E-state index in [9.17, 15) is 4.79 Å². The van der Waals surface area contributed by atoms with Crippen LogP contribution in [-0.4, -0.2) is 18.6 Å². The van der Waals surface area contributed by atoms with E-state index in [1.807, 2.05) is 26.0 Å². The van der Waals surface area contributed by atoms with E-state index in [0.717, 1.165) is 12.7 Å². The molecule has 0 atom stereocenters. The highest BCUT2D eigenvalue weighted by Gasteiger charge is 2.12. The number of nitrogens with one attached hydrogen (secondary N) is 1. The monoisotopic (exact) mass is 521 g/mol. The second-order valence-corrected chi connectivity index (χ2v) is 6.88. The number of nitrogens with zero attached hydrogens (tertiary/aromatic N) is 2. The number of hydrogen-bond donors (Lipinski definition) is 1. The average molecular weight is 521 g/mol. The lowest BCUT2D eigenvalue weighted by Gasteiger charge is -2.10. The Balaban J connectivity index is 3.12. The maximum absolute atomic E-state index is 11.9. The Kier molecular flexibility index (Phi) is 7.62. The molecule has 1 rings (SSSR count). The largest absolute Gasteiger partial charge is 0.477 e. The number of halogens is 2. The molecule has 0 bridgehead atoms. The molecule has 0 aromatic heterocycles. The maximum Gasteiger partial charge on any atom is 0.262 e. The third-order valence-electron chi connectivity index (χ3n) is 2.40. The minimum absolute atomic E-state index is 0.0264. The zero-order valence-electron chi connectivity index (χ0n) is 12.0. The molecule has 22 heavy (non-hydrogen) atoms. The molecule has 0 aliphatic heterocycles. The zero-order chi connectivity index (χ0) is 16.7. The van der Waals surface area contributed by atoms with Crippen molar-refractivity contribution in [3.8, 4) is 17.9 Å². The summed E-state index contributed by atoms with van der Waals surface area (Å²) in [5.41, 5.74) is 0.777. The first-order valence-corrected chi connectivity index (χ1v) is 8.46. The van der Waals surface area contributed by atoms with E-state index < -0.39 is 5.91 Å². The third-order valence-corrected chi connectivity index (χ3v) is 4.00. The van der Waals surface area contributed by atoms with Crippen molar-refractivity contribution in [3.63, 3.8) is 0 Å². The smallest absolute Gasteiger partial charge is 0.262 e. The molecule has 0 aliphatic carbocycles. The predicted octanol–water partition coefficient (Wildman–Crippen LogP) is 3.23. The molecular weight excluding hydrogens is 508 g/mol. The zero-order valence-corrected chi connectivity index (χ0v) is 16.3. The molecule has 0 saturated heterocycles. The van der Waals surface area contributed by atoms with Gasteiger partial charge in [0.2, 0.25) is 0 Å². The SMILES string of the molecule is CC(C)NC(=O)/C(C#N)=C\c1cc(I)c(OCC#N)c(I)c1. The summed E-state index contributed by atoms with van der Waals surface area (Å²) in [4.78, 5) is 11.9. The summed E-state index contributed by atoms with van der Waals surface area (Å²) in [6.07, 6.45) is 1.54. The van der Waals surface area contributed by atoms with Gasteiger partial charge in [0.05, 0.1) is 7.14 Å². The molecule has 0 radical (unpaired) electrons. The standard InChI is InChI=1S/C15H13I2N3O2/c1-9(2)20-15(21)11(8-19)5-10-6-12(16)14(13(17)7-10)22-4-3-18/h5-7,9H,4H2,1-2H3,(H,20,21)/b11-5-. The third kappa shape index (κ3) is 5.46. The molecule has 0 unspecified atom stereocenters. The van der Waals surface area contributed by atoms with Gasteiger partial charge in [-0.15, -0.1) is 0 Å². The van der Waals surface area contributed by atoms with Crippen molar-refractivity contribution in [1.82, 2.24) is 5.32 Å². The Morgan fingerprint density at radius 3 is 2.41 bits per heavy atom. The van der Waals surface area contributed by atoms with E-state index in [1.165, 1.54) is 6.08 Å². The van der Waals surface area contributed by atoms with Crippen LogP contribution in [0, 0.1) is 29.8 Å². The normalized spacial score (nSPS) is 10.8. The van der Waals surface area contributed by atoms with Crippen LogP contribution in [0.2, 0.25) is 0 Å². The number of carbonyl (C=O) groups is 1. The second kappa shape index (κ2) is 8.96. The average Bonchev–Trinajstić information content (AvgIpc) is 2.43. The van der Waals surface area contributed by atoms with Gasteiger partial charge in [0.25, 0.3) is 5.91 Å². The van der Waals surface area contributed by atoms with Crippen LogP contribution in [-0.2, 0) is 4.79 Å². The van der Waals surface area contributed by atoms with Crippen LogP contribution in [0.25, 0.3) is 6.08 Å². The van der Waals surface area contributed by atoms with Crippen molar-refractivity contribution >= 4 is 57.2 Å². The van der Waals surface area contributed by atoms with E-state index in [2.05, 4.69) is 50.5 Å². The summed E-state index contributed by atoms with van der Waals surface area (Å²) in [6.45, 7) is 3.64. The van der Waals surface area contributed by atoms with Gasteiger partial charge in [-0.1, -0.05) is 0 Å². The molecule has 0 fully saturated rings. The summed E-state index contributed by atoms with van der Waals surface area (Å²) < 4.78 is 6.99. The van der Waals surface area contributed by atoms with Gasteiger partial charge < -0.3 is 10.1 Å². The number of ether oxygens (including phenoxy) is 1. The lowest BCUT2D eigenvalue weighted by atomic mass is 10.1. The van der Waals surface area contributed by atoms with Crippen LogP contribution in [0.5, 0.6) is 5.75 Å².